The Morgan fingerprint density at radius 2 is 2.05 bits per heavy atom. The number of hydrogen-bond acceptors (Lipinski definition) is 5. The molecule has 0 radical (unpaired) electrons. The first kappa shape index (κ1) is 16.6. The number of carbonyl (C=O) groups is 1. The van der Waals surface area contributed by atoms with Gasteiger partial charge in [-0.3, -0.25) is 4.79 Å². The van der Waals surface area contributed by atoms with Gasteiger partial charge in [0.2, 0.25) is 22.7 Å². The van der Waals surface area contributed by atoms with Gasteiger partial charge in [0.25, 0.3) is 0 Å². The Bertz CT molecular complexity index is 645. The first-order chi connectivity index (χ1) is 10.4. The number of nitrogens with zero attached hydrogens (tertiary/aromatic N) is 1. The average Bonchev–Trinajstić information content (AvgIpc) is 2.89. The molecule has 1 N–H and O–H groups in total. The van der Waals surface area contributed by atoms with E-state index in [1.165, 1.54) is 4.31 Å². The minimum absolute atomic E-state index is 0.158. The van der Waals surface area contributed by atoms with Crippen molar-refractivity contribution in [3.05, 3.63) is 18.2 Å². The fourth-order valence-electron chi connectivity index (χ4n) is 2.03. The summed E-state index contributed by atoms with van der Waals surface area (Å²) in [5, 5.41) is 2.67. The van der Waals surface area contributed by atoms with E-state index in [0.717, 1.165) is 12.7 Å². The van der Waals surface area contributed by atoms with Gasteiger partial charge in [-0.1, -0.05) is 13.3 Å². The van der Waals surface area contributed by atoms with Crippen LogP contribution in [0, 0.1) is 0 Å². The molecule has 22 heavy (non-hydrogen) atoms. The van der Waals surface area contributed by atoms with Crippen molar-refractivity contribution in [3.63, 3.8) is 0 Å². The van der Waals surface area contributed by atoms with Crippen LogP contribution in [-0.2, 0) is 14.8 Å². The van der Waals surface area contributed by atoms with Gasteiger partial charge in [0.1, 0.15) is 0 Å². The second kappa shape index (κ2) is 6.97. The number of hydrogen-bond donors (Lipinski definition) is 1. The monoisotopic (exact) mass is 328 g/mol. The van der Waals surface area contributed by atoms with Gasteiger partial charge in [-0.15, -0.1) is 0 Å². The third-order valence-electron chi connectivity index (χ3n) is 3.21. The number of nitrogens with one attached hydrogen (secondary N) is 1. The van der Waals surface area contributed by atoms with E-state index in [2.05, 4.69) is 5.32 Å². The molecule has 1 aromatic carbocycles. The van der Waals surface area contributed by atoms with Crippen LogP contribution in [0.5, 0.6) is 11.5 Å². The van der Waals surface area contributed by atoms with Crippen molar-refractivity contribution in [2.24, 2.45) is 0 Å². The predicted molar refractivity (Wildman–Crippen MR) is 82.5 cm³/mol. The lowest BCUT2D eigenvalue weighted by molar-refractivity contribution is -0.116. The van der Waals surface area contributed by atoms with Gasteiger partial charge in [-0.25, -0.2) is 8.42 Å². The van der Waals surface area contributed by atoms with Crippen molar-refractivity contribution in [3.8, 4) is 11.5 Å². The minimum atomic E-state index is -3.41. The summed E-state index contributed by atoms with van der Waals surface area (Å²) in [6, 6.07) is 5.03. The Balaban J connectivity index is 1.99. The molecule has 1 amide bonds. The maximum absolute atomic E-state index is 12.0. The summed E-state index contributed by atoms with van der Waals surface area (Å²) in [6.07, 6.45) is 2.68. The summed E-state index contributed by atoms with van der Waals surface area (Å²) in [7, 11) is -3.41. The molecule has 1 heterocycles. The molecule has 0 fully saturated rings. The molecule has 8 heteroatoms. The standard InChI is InChI=1S/C14H20N2O5S/c1-3-4-7-16(22(2,18)19)9-14(17)15-11-5-6-12-13(8-11)21-10-20-12/h5-6,8H,3-4,7,9-10H2,1-2H3,(H,15,17). The summed E-state index contributed by atoms with van der Waals surface area (Å²) in [6.45, 7) is 2.26. The second-order valence-electron chi connectivity index (χ2n) is 5.07. The number of ether oxygens (including phenoxy) is 2. The summed E-state index contributed by atoms with van der Waals surface area (Å²) in [4.78, 5) is 12.0. The molecule has 0 unspecified atom stereocenters. The van der Waals surface area contributed by atoms with E-state index >= 15 is 0 Å². The van der Waals surface area contributed by atoms with E-state index in [1.807, 2.05) is 6.92 Å². The van der Waals surface area contributed by atoms with Crippen LogP contribution < -0.4 is 14.8 Å². The quantitative estimate of drug-likeness (QED) is 0.818. The zero-order valence-corrected chi connectivity index (χ0v) is 13.5. The maximum Gasteiger partial charge on any atom is 0.239 e. The van der Waals surface area contributed by atoms with Crippen molar-refractivity contribution in [2.75, 3.05) is 31.5 Å². The molecule has 0 saturated heterocycles. The Labute approximate surface area is 130 Å². The maximum atomic E-state index is 12.0. The lowest BCUT2D eigenvalue weighted by Crippen LogP contribution is -2.37. The molecule has 7 nitrogen and oxygen atoms in total. The molecule has 1 aromatic rings. The molecular weight excluding hydrogens is 308 g/mol. The second-order valence-corrected chi connectivity index (χ2v) is 7.05. The number of rotatable bonds is 7. The van der Waals surface area contributed by atoms with Crippen LogP contribution in [0.1, 0.15) is 19.8 Å². The third-order valence-corrected chi connectivity index (χ3v) is 4.46. The van der Waals surface area contributed by atoms with Gasteiger partial charge in [-0.2, -0.15) is 4.31 Å². The Morgan fingerprint density at radius 3 is 2.73 bits per heavy atom. The van der Waals surface area contributed by atoms with Crippen molar-refractivity contribution in [2.45, 2.75) is 19.8 Å². The molecule has 0 spiro atoms. The van der Waals surface area contributed by atoms with E-state index in [0.29, 0.717) is 30.2 Å². The smallest absolute Gasteiger partial charge is 0.239 e. The molecule has 0 saturated carbocycles. The molecule has 0 atom stereocenters. The van der Waals surface area contributed by atoms with Crippen LogP contribution >= 0.6 is 0 Å². The van der Waals surface area contributed by atoms with Crippen LogP contribution in [0.15, 0.2) is 18.2 Å². The number of fused-ring (bicyclic) bond motifs is 1. The predicted octanol–water partition coefficient (Wildman–Crippen LogP) is 1.42. The van der Waals surface area contributed by atoms with Gasteiger partial charge in [-0.05, 0) is 18.6 Å². The molecule has 0 bridgehead atoms. The zero-order chi connectivity index (χ0) is 16.2. The van der Waals surface area contributed by atoms with Gasteiger partial charge in [0, 0.05) is 18.3 Å². The first-order valence-electron chi connectivity index (χ1n) is 7.05. The van der Waals surface area contributed by atoms with Gasteiger partial charge in [0.05, 0.1) is 12.8 Å². The van der Waals surface area contributed by atoms with Gasteiger partial charge < -0.3 is 14.8 Å². The van der Waals surface area contributed by atoms with E-state index in [4.69, 9.17) is 9.47 Å². The highest BCUT2D eigenvalue weighted by atomic mass is 32.2. The number of carbonyl (C=O) groups excluding carboxylic acids is 1. The number of unbranched alkanes of at least 4 members (excludes halogenated alkanes) is 1. The fourth-order valence-corrected chi connectivity index (χ4v) is 2.84. The highest BCUT2D eigenvalue weighted by Gasteiger charge is 2.20. The number of sulfonamides is 1. The lowest BCUT2D eigenvalue weighted by Gasteiger charge is -2.19. The highest BCUT2D eigenvalue weighted by molar-refractivity contribution is 7.88. The summed E-state index contributed by atoms with van der Waals surface area (Å²) < 4.78 is 35.0. The van der Waals surface area contributed by atoms with Crippen molar-refractivity contribution >= 4 is 21.6 Å². The SMILES string of the molecule is CCCCN(CC(=O)Nc1ccc2c(c1)OCO2)S(C)(=O)=O. The normalized spacial score (nSPS) is 13.4. The Hall–Kier alpha value is -1.80. The summed E-state index contributed by atoms with van der Waals surface area (Å²) >= 11 is 0. The molecule has 1 aliphatic heterocycles. The largest absolute Gasteiger partial charge is 0.454 e. The summed E-state index contributed by atoms with van der Waals surface area (Å²) in [5.74, 6) is 0.794. The zero-order valence-electron chi connectivity index (χ0n) is 12.7. The van der Waals surface area contributed by atoms with E-state index in [1.54, 1.807) is 18.2 Å². The molecular formula is C14H20N2O5S. The Morgan fingerprint density at radius 1 is 1.32 bits per heavy atom. The van der Waals surface area contributed by atoms with Crippen LogP contribution in [-0.4, -0.2) is 44.8 Å². The van der Waals surface area contributed by atoms with Crippen LogP contribution in [0.25, 0.3) is 0 Å². The van der Waals surface area contributed by atoms with E-state index in [-0.39, 0.29) is 19.2 Å². The van der Waals surface area contributed by atoms with E-state index in [9.17, 15) is 13.2 Å². The average molecular weight is 328 g/mol. The van der Waals surface area contributed by atoms with Crippen molar-refractivity contribution in [1.29, 1.82) is 0 Å². The van der Waals surface area contributed by atoms with Crippen molar-refractivity contribution in [1.82, 2.24) is 4.31 Å². The molecule has 2 rings (SSSR count). The molecule has 0 aliphatic carbocycles. The van der Waals surface area contributed by atoms with Crippen LogP contribution in [0.3, 0.4) is 0 Å². The topological polar surface area (TPSA) is 84.9 Å². The van der Waals surface area contributed by atoms with E-state index < -0.39 is 10.0 Å². The van der Waals surface area contributed by atoms with Gasteiger partial charge in [0.15, 0.2) is 11.5 Å². The lowest BCUT2D eigenvalue weighted by atomic mass is 10.2. The van der Waals surface area contributed by atoms with Crippen molar-refractivity contribution < 1.29 is 22.7 Å². The first-order valence-corrected chi connectivity index (χ1v) is 8.89. The van der Waals surface area contributed by atoms with Gasteiger partial charge >= 0.3 is 0 Å². The minimum Gasteiger partial charge on any atom is -0.454 e. The third kappa shape index (κ3) is 4.35. The van der Waals surface area contributed by atoms with Crippen LogP contribution in [0.2, 0.25) is 0 Å². The highest BCUT2D eigenvalue weighted by Crippen LogP contribution is 2.34. The molecule has 1 aliphatic rings. The fraction of sp³-hybridized carbons (Fsp3) is 0.500. The number of anilines is 1. The summed E-state index contributed by atoms with van der Waals surface area (Å²) in [5.41, 5.74) is 0.540. The number of amides is 1. The molecule has 0 aromatic heterocycles. The number of benzene rings is 1. The Kier molecular flexibility index (Phi) is 5.25. The molecule has 122 valence electrons. The van der Waals surface area contributed by atoms with Crippen LogP contribution in [0.4, 0.5) is 5.69 Å².